The van der Waals surface area contributed by atoms with E-state index >= 15 is 0 Å². The number of aliphatic carboxylic acids is 1. The number of aliphatic hydroxyl groups is 1. The summed E-state index contributed by atoms with van der Waals surface area (Å²) in [7, 11) is 0. The van der Waals surface area contributed by atoms with Gasteiger partial charge in [0, 0.05) is 39.3 Å². The van der Waals surface area contributed by atoms with E-state index < -0.39 is 11.6 Å². The van der Waals surface area contributed by atoms with Crippen molar-refractivity contribution in [2.45, 2.75) is 32.3 Å². The second kappa shape index (κ2) is 6.33. The van der Waals surface area contributed by atoms with Gasteiger partial charge in [-0.25, -0.2) is 0 Å². The number of carboxylic acids is 1. The van der Waals surface area contributed by atoms with Gasteiger partial charge in [0.2, 0.25) is 0 Å². The Bertz CT molecular complexity index is 243. The van der Waals surface area contributed by atoms with Gasteiger partial charge in [-0.15, -0.1) is 0 Å². The Labute approximate surface area is 103 Å². The molecule has 1 aliphatic heterocycles. The van der Waals surface area contributed by atoms with Crippen molar-refractivity contribution in [1.82, 2.24) is 9.80 Å². The van der Waals surface area contributed by atoms with Crippen LogP contribution >= 0.6 is 0 Å². The number of hydrogen-bond donors (Lipinski definition) is 2. The maximum atomic E-state index is 10.5. The summed E-state index contributed by atoms with van der Waals surface area (Å²) in [6.45, 7) is 9.01. The third-order valence-corrected chi connectivity index (χ3v) is 3.15. The zero-order valence-corrected chi connectivity index (χ0v) is 10.9. The molecule has 0 unspecified atom stereocenters. The minimum Gasteiger partial charge on any atom is -0.481 e. The smallest absolute Gasteiger partial charge is 0.304 e. The molecule has 5 heteroatoms. The van der Waals surface area contributed by atoms with Crippen LogP contribution in [0.2, 0.25) is 0 Å². The quantitative estimate of drug-likeness (QED) is 0.701. The number of carbonyl (C=O) groups is 1. The molecule has 17 heavy (non-hydrogen) atoms. The molecule has 100 valence electrons. The summed E-state index contributed by atoms with van der Waals surface area (Å²) in [6, 6.07) is 0. The Morgan fingerprint density at radius 2 is 1.59 bits per heavy atom. The van der Waals surface area contributed by atoms with Crippen LogP contribution in [-0.2, 0) is 4.79 Å². The molecule has 0 saturated carbocycles. The monoisotopic (exact) mass is 244 g/mol. The molecule has 0 spiro atoms. The van der Waals surface area contributed by atoms with Crippen LogP contribution in [0.15, 0.2) is 0 Å². The standard InChI is InChI=1S/C12H24N2O3/c1-12(2,17)4-6-14-9-7-13(8-10-14)5-3-11(15)16/h17H,3-10H2,1-2H3,(H,15,16). The zero-order chi connectivity index (χ0) is 12.9. The van der Waals surface area contributed by atoms with Gasteiger partial charge < -0.3 is 20.0 Å². The molecule has 5 nitrogen and oxygen atoms in total. The van der Waals surface area contributed by atoms with Crippen LogP contribution in [0.1, 0.15) is 26.7 Å². The molecule has 2 N–H and O–H groups in total. The number of piperazine rings is 1. The van der Waals surface area contributed by atoms with Crippen molar-refractivity contribution in [2.75, 3.05) is 39.3 Å². The molecule has 1 aliphatic rings. The molecule has 0 atom stereocenters. The molecule has 1 fully saturated rings. The summed E-state index contributed by atoms with van der Waals surface area (Å²) in [6.07, 6.45) is 1.01. The summed E-state index contributed by atoms with van der Waals surface area (Å²) < 4.78 is 0. The number of hydrogen-bond acceptors (Lipinski definition) is 4. The lowest BCUT2D eigenvalue weighted by molar-refractivity contribution is -0.137. The Balaban J connectivity index is 2.15. The van der Waals surface area contributed by atoms with Gasteiger partial charge in [0.05, 0.1) is 12.0 Å². The summed E-state index contributed by atoms with van der Waals surface area (Å²) >= 11 is 0. The fourth-order valence-corrected chi connectivity index (χ4v) is 1.92. The van der Waals surface area contributed by atoms with Crippen LogP contribution in [0.5, 0.6) is 0 Å². The highest BCUT2D eigenvalue weighted by Gasteiger charge is 2.19. The topological polar surface area (TPSA) is 64.0 Å². The molecule has 1 heterocycles. The van der Waals surface area contributed by atoms with Gasteiger partial charge in [-0.3, -0.25) is 4.79 Å². The van der Waals surface area contributed by atoms with Crippen LogP contribution in [0, 0.1) is 0 Å². The van der Waals surface area contributed by atoms with Gasteiger partial charge in [0.15, 0.2) is 0 Å². The highest BCUT2D eigenvalue weighted by molar-refractivity contribution is 5.66. The third-order valence-electron chi connectivity index (χ3n) is 3.15. The number of carboxylic acid groups (broad SMARTS) is 1. The molecule has 0 radical (unpaired) electrons. The number of nitrogens with zero attached hydrogens (tertiary/aromatic N) is 2. The summed E-state index contributed by atoms with van der Waals surface area (Å²) in [5.41, 5.74) is -0.597. The first-order valence-corrected chi connectivity index (χ1v) is 6.26. The largest absolute Gasteiger partial charge is 0.481 e. The van der Waals surface area contributed by atoms with Crippen molar-refractivity contribution in [1.29, 1.82) is 0 Å². The Hall–Kier alpha value is -0.650. The van der Waals surface area contributed by atoms with Crippen LogP contribution in [0.4, 0.5) is 0 Å². The van der Waals surface area contributed by atoms with Crippen LogP contribution < -0.4 is 0 Å². The average molecular weight is 244 g/mol. The minimum atomic E-state index is -0.727. The van der Waals surface area contributed by atoms with Crippen LogP contribution in [0.25, 0.3) is 0 Å². The molecule has 0 aromatic carbocycles. The lowest BCUT2D eigenvalue weighted by atomic mass is 10.1. The first kappa shape index (κ1) is 14.4. The van der Waals surface area contributed by atoms with Crippen molar-refractivity contribution in [2.24, 2.45) is 0 Å². The zero-order valence-electron chi connectivity index (χ0n) is 10.9. The second-order valence-electron chi connectivity index (χ2n) is 5.39. The summed E-state index contributed by atoms with van der Waals surface area (Å²) in [5.74, 6) is -0.727. The SMILES string of the molecule is CC(C)(O)CCN1CCN(CCC(=O)O)CC1. The van der Waals surface area contributed by atoms with Crippen molar-refractivity contribution in [3.8, 4) is 0 Å². The molecule has 1 saturated heterocycles. The van der Waals surface area contributed by atoms with Crippen molar-refractivity contribution < 1.29 is 15.0 Å². The molecule has 0 aromatic heterocycles. The minimum absolute atomic E-state index is 0.226. The van der Waals surface area contributed by atoms with E-state index in [9.17, 15) is 9.90 Å². The van der Waals surface area contributed by atoms with E-state index in [2.05, 4.69) is 9.80 Å². The third kappa shape index (κ3) is 6.61. The summed E-state index contributed by atoms with van der Waals surface area (Å²) in [5, 5.41) is 18.2. The highest BCUT2D eigenvalue weighted by atomic mass is 16.4. The molecule has 0 amide bonds. The van der Waals surface area contributed by atoms with E-state index in [0.717, 1.165) is 39.1 Å². The first-order chi connectivity index (χ1) is 7.87. The first-order valence-electron chi connectivity index (χ1n) is 6.26. The Kier molecular flexibility index (Phi) is 5.36. The number of rotatable bonds is 6. The van der Waals surface area contributed by atoms with Crippen molar-refractivity contribution in [3.05, 3.63) is 0 Å². The van der Waals surface area contributed by atoms with Crippen LogP contribution in [-0.4, -0.2) is 70.9 Å². The maximum absolute atomic E-state index is 10.5. The van der Waals surface area contributed by atoms with Gasteiger partial charge in [-0.05, 0) is 20.3 Å². The fraction of sp³-hybridized carbons (Fsp3) is 0.917. The molecule has 0 bridgehead atoms. The lowest BCUT2D eigenvalue weighted by Gasteiger charge is -2.35. The molecule has 1 rings (SSSR count). The van der Waals surface area contributed by atoms with Gasteiger partial charge in [0.1, 0.15) is 0 Å². The van der Waals surface area contributed by atoms with E-state index in [-0.39, 0.29) is 6.42 Å². The normalized spacial score (nSPS) is 19.5. The fourth-order valence-electron chi connectivity index (χ4n) is 1.92. The molecule has 0 aromatic rings. The average Bonchev–Trinajstić information content (AvgIpc) is 2.24. The lowest BCUT2D eigenvalue weighted by Crippen LogP contribution is -2.47. The van der Waals surface area contributed by atoms with E-state index in [1.165, 1.54) is 0 Å². The maximum Gasteiger partial charge on any atom is 0.304 e. The molecular formula is C12H24N2O3. The highest BCUT2D eigenvalue weighted by Crippen LogP contribution is 2.10. The molecular weight excluding hydrogens is 220 g/mol. The van der Waals surface area contributed by atoms with Gasteiger partial charge in [-0.1, -0.05) is 0 Å². The predicted molar refractivity (Wildman–Crippen MR) is 66.0 cm³/mol. The summed E-state index contributed by atoms with van der Waals surface area (Å²) in [4.78, 5) is 15.0. The van der Waals surface area contributed by atoms with E-state index in [1.807, 2.05) is 13.8 Å². The second-order valence-corrected chi connectivity index (χ2v) is 5.39. The van der Waals surface area contributed by atoms with E-state index in [0.29, 0.717) is 6.54 Å². The van der Waals surface area contributed by atoms with Crippen LogP contribution in [0.3, 0.4) is 0 Å². The van der Waals surface area contributed by atoms with Gasteiger partial charge in [-0.2, -0.15) is 0 Å². The van der Waals surface area contributed by atoms with Crippen molar-refractivity contribution in [3.63, 3.8) is 0 Å². The molecule has 0 aliphatic carbocycles. The van der Waals surface area contributed by atoms with E-state index in [1.54, 1.807) is 0 Å². The predicted octanol–water partition coefficient (Wildman–Crippen LogP) is 0.240. The van der Waals surface area contributed by atoms with Gasteiger partial charge in [0.25, 0.3) is 0 Å². The van der Waals surface area contributed by atoms with Crippen molar-refractivity contribution >= 4 is 5.97 Å². The van der Waals surface area contributed by atoms with Gasteiger partial charge >= 0.3 is 5.97 Å². The van der Waals surface area contributed by atoms with E-state index in [4.69, 9.17) is 5.11 Å². The Morgan fingerprint density at radius 1 is 1.12 bits per heavy atom. The Morgan fingerprint density at radius 3 is 2.00 bits per heavy atom.